The van der Waals surface area contributed by atoms with E-state index in [1.807, 2.05) is 20.8 Å². The lowest BCUT2D eigenvalue weighted by atomic mass is 9.93. The van der Waals surface area contributed by atoms with Gasteiger partial charge in [0.2, 0.25) is 0 Å². The van der Waals surface area contributed by atoms with Crippen LogP contribution in [0.5, 0.6) is 0 Å². The minimum Gasteiger partial charge on any atom is -0.481 e. The number of carbonyl (C=O) groups excluding carboxylic acids is 1. The Labute approximate surface area is 133 Å². The molecule has 1 rings (SSSR count). The van der Waals surface area contributed by atoms with E-state index in [0.717, 1.165) is 19.5 Å². The number of ether oxygens (including phenoxy) is 1. The highest BCUT2D eigenvalue weighted by atomic mass is 16.6. The molecule has 1 aliphatic rings. The van der Waals surface area contributed by atoms with Gasteiger partial charge >= 0.3 is 12.1 Å². The van der Waals surface area contributed by atoms with Crippen LogP contribution in [0.2, 0.25) is 0 Å². The normalized spacial score (nSPS) is 22.7. The first kappa shape index (κ1) is 18.7. The van der Waals surface area contributed by atoms with Crippen LogP contribution in [0.4, 0.5) is 4.79 Å². The summed E-state index contributed by atoms with van der Waals surface area (Å²) in [6, 6.07) is 0.0762. The molecule has 1 heterocycles. The quantitative estimate of drug-likeness (QED) is 0.844. The van der Waals surface area contributed by atoms with Crippen LogP contribution in [0.1, 0.15) is 47.5 Å². The topological polar surface area (TPSA) is 70.1 Å². The van der Waals surface area contributed by atoms with Crippen LogP contribution < -0.4 is 0 Å². The monoisotopic (exact) mass is 314 g/mol. The molecule has 0 bridgehead atoms. The fraction of sp³-hybridized carbons (Fsp3) is 0.875. The summed E-state index contributed by atoms with van der Waals surface area (Å²) in [7, 11) is 0. The molecule has 1 fully saturated rings. The third kappa shape index (κ3) is 5.48. The van der Waals surface area contributed by atoms with E-state index in [1.165, 1.54) is 0 Å². The van der Waals surface area contributed by atoms with Crippen molar-refractivity contribution in [2.24, 2.45) is 5.92 Å². The van der Waals surface area contributed by atoms with Crippen LogP contribution in [0, 0.1) is 5.92 Å². The molecular formula is C16H30N2O4. The van der Waals surface area contributed by atoms with Crippen molar-refractivity contribution in [1.29, 1.82) is 0 Å². The van der Waals surface area contributed by atoms with Crippen LogP contribution in [-0.2, 0) is 9.53 Å². The summed E-state index contributed by atoms with van der Waals surface area (Å²) in [5.74, 6) is -1.37. The largest absolute Gasteiger partial charge is 0.481 e. The van der Waals surface area contributed by atoms with Crippen molar-refractivity contribution in [1.82, 2.24) is 9.80 Å². The Hall–Kier alpha value is -1.30. The third-order valence-corrected chi connectivity index (χ3v) is 3.86. The van der Waals surface area contributed by atoms with E-state index in [-0.39, 0.29) is 12.6 Å². The van der Waals surface area contributed by atoms with E-state index in [9.17, 15) is 14.7 Å². The number of nitrogens with zero attached hydrogens (tertiary/aromatic N) is 2. The molecule has 0 spiro atoms. The summed E-state index contributed by atoms with van der Waals surface area (Å²) in [5.41, 5.74) is -0.573. The molecule has 0 saturated carbocycles. The van der Waals surface area contributed by atoms with Crippen LogP contribution in [0.15, 0.2) is 0 Å². The maximum atomic E-state index is 12.3. The number of hydrogen-bond donors (Lipinski definition) is 1. The molecular weight excluding hydrogens is 284 g/mol. The van der Waals surface area contributed by atoms with Gasteiger partial charge in [0.15, 0.2) is 0 Å². The molecule has 0 aromatic rings. The first-order valence-corrected chi connectivity index (χ1v) is 8.12. The number of carboxylic acids is 1. The van der Waals surface area contributed by atoms with Gasteiger partial charge in [-0.1, -0.05) is 13.8 Å². The second kappa shape index (κ2) is 7.81. The smallest absolute Gasteiger partial charge is 0.410 e. The summed E-state index contributed by atoms with van der Waals surface area (Å²) >= 11 is 0. The predicted octanol–water partition coefficient (Wildman–Crippen LogP) is 2.43. The maximum Gasteiger partial charge on any atom is 0.410 e. The van der Waals surface area contributed by atoms with Gasteiger partial charge in [0.25, 0.3) is 0 Å². The van der Waals surface area contributed by atoms with Gasteiger partial charge in [-0.25, -0.2) is 4.79 Å². The van der Waals surface area contributed by atoms with Gasteiger partial charge in [0, 0.05) is 19.1 Å². The van der Waals surface area contributed by atoms with E-state index in [0.29, 0.717) is 13.0 Å². The summed E-state index contributed by atoms with van der Waals surface area (Å²) in [4.78, 5) is 27.5. The molecule has 0 aromatic carbocycles. The molecule has 1 N–H and O–H groups in total. The van der Waals surface area contributed by atoms with E-state index in [2.05, 4.69) is 18.7 Å². The van der Waals surface area contributed by atoms with Crippen LogP contribution in [0.3, 0.4) is 0 Å². The average molecular weight is 314 g/mol. The van der Waals surface area contributed by atoms with Crippen molar-refractivity contribution in [3.63, 3.8) is 0 Å². The first-order chi connectivity index (χ1) is 10.2. The van der Waals surface area contributed by atoms with Crippen molar-refractivity contribution in [2.45, 2.75) is 59.1 Å². The lowest BCUT2D eigenvalue weighted by Gasteiger charge is -2.41. The zero-order valence-electron chi connectivity index (χ0n) is 14.5. The fourth-order valence-electron chi connectivity index (χ4n) is 2.88. The molecule has 0 radical (unpaired) electrons. The fourth-order valence-corrected chi connectivity index (χ4v) is 2.88. The van der Waals surface area contributed by atoms with Crippen molar-refractivity contribution in [3.05, 3.63) is 0 Å². The first-order valence-electron chi connectivity index (χ1n) is 8.12. The molecule has 0 aromatic heterocycles. The summed E-state index contributed by atoms with van der Waals surface area (Å²) in [6.45, 7) is 12.1. The summed E-state index contributed by atoms with van der Waals surface area (Å²) < 4.78 is 5.40. The number of rotatable bonds is 5. The molecule has 6 heteroatoms. The average Bonchev–Trinajstić information content (AvgIpc) is 2.42. The lowest BCUT2D eigenvalue weighted by molar-refractivity contribution is -0.144. The van der Waals surface area contributed by atoms with Crippen LogP contribution in [-0.4, -0.2) is 64.8 Å². The Kier molecular flexibility index (Phi) is 6.66. The van der Waals surface area contributed by atoms with E-state index < -0.39 is 23.6 Å². The Morgan fingerprint density at radius 3 is 2.36 bits per heavy atom. The van der Waals surface area contributed by atoms with Gasteiger partial charge in [0.1, 0.15) is 5.60 Å². The molecule has 6 nitrogen and oxygen atoms in total. The van der Waals surface area contributed by atoms with Crippen LogP contribution >= 0.6 is 0 Å². The molecule has 0 unspecified atom stereocenters. The molecule has 1 aliphatic heterocycles. The number of likely N-dealkylation sites (tertiary alicyclic amines) is 1. The van der Waals surface area contributed by atoms with Crippen LogP contribution in [0.25, 0.3) is 0 Å². The van der Waals surface area contributed by atoms with Gasteiger partial charge < -0.3 is 14.7 Å². The minimum atomic E-state index is -0.842. The van der Waals surface area contributed by atoms with Gasteiger partial charge in [-0.3, -0.25) is 9.69 Å². The van der Waals surface area contributed by atoms with Gasteiger partial charge in [0.05, 0.1) is 5.92 Å². The Bertz CT molecular complexity index is 392. The van der Waals surface area contributed by atoms with Gasteiger partial charge in [-0.05, 0) is 46.7 Å². The van der Waals surface area contributed by atoms with E-state index in [1.54, 1.807) is 4.90 Å². The number of aliphatic carboxylic acids is 1. The minimum absolute atomic E-state index is 0.0762. The molecule has 128 valence electrons. The van der Waals surface area contributed by atoms with Crippen molar-refractivity contribution >= 4 is 12.1 Å². The summed E-state index contributed by atoms with van der Waals surface area (Å²) in [6.07, 6.45) is 1.17. The molecule has 22 heavy (non-hydrogen) atoms. The van der Waals surface area contributed by atoms with Gasteiger partial charge in [-0.15, -0.1) is 0 Å². The standard InChI is InChI=1S/C16H30N2O4/c1-6-8-17(7-2)13-9-12(14(19)20)10-18(11-13)15(21)22-16(3,4)5/h12-13H,6-11H2,1-5H3,(H,19,20)/t12-,13-/m1/s1. The summed E-state index contributed by atoms with van der Waals surface area (Å²) in [5, 5.41) is 9.38. The zero-order valence-corrected chi connectivity index (χ0v) is 14.5. The Balaban J connectivity index is 2.84. The number of piperidine rings is 1. The highest BCUT2D eigenvalue weighted by Crippen LogP contribution is 2.23. The molecule has 1 amide bonds. The number of likely N-dealkylation sites (N-methyl/N-ethyl adjacent to an activating group) is 1. The molecule has 1 saturated heterocycles. The second-order valence-electron chi connectivity index (χ2n) is 6.94. The third-order valence-electron chi connectivity index (χ3n) is 3.86. The van der Waals surface area contributed by atoms with Crippen molar-refractivity contribution in [3.8, 4) is 0 Å². The van der Waals surface area contributed by atoms with E-state index >= 15 is 0 Å². The number of amides is 1. The van der Waals surface area contributed by atoms with E-state index in [4.69, 9.17) is 4.74 Å². The zero-order chi connectivity index (χ0) is 16.9. The Morgan fingerprint density at radius 1 is 1.27 bits per heavy atom. The number of carboxylic acid groups (broad SMARTS) is 1. The van der Waals surface area contributed by atoms with Crippen molar-refractivity contribution < 1.29 is 19.4 Å². The lowest BCUT2D eigenvalue weighted by Crippen LogP contribution is -2.55. The SMILES string of the molecule is CCCN(CC)[C@@H]1C[C@@H](C(=O)O)CN(C(=O)OC(C)(C)C)C1. The second-order valence-corrected chi connectivity index (χ2v) is 6.94. The van der Waals surface area contributed by atoms with Gasteiger partial charge in [-0.2, -0.15) is 0 Å². The molecule has 2 atom stereocenters. The van der Waals surface area contributed by atoms with Crippen molar-refractivity contribution in [2.75, 3.05) is 26.2 Å². The number of carbonyl (C=O) groups is 2. The maximum absolute atomic E-state index is 12.3. The predicted molar refractivity (Wildman–Crippen MR) is 84.9 cm³/mol. The number of hydrogen-bond acceptors (Lipinski definition) is 4. The highest BCUT2D eigenvalue weighted by Gasteiger charge is 2.37. The Morgan fingerprint density at radius 2 is 1.91 bits per heavy atom. The molecule has 0 aliphatic carbocycles. The highest BCUT2D eigenvalue weighted by molar-refractivity contribution is 5.73.